The van der Waals surface area contributed by atoms with E-state index >= 15 is 0 Å². The van der Waals surface area contributed by atoms with Gasteiger partial charge in [-0.1, -0.05) is 31.2 Å². The average molecular weight is 661 g/mol. The number of carbonyl (C=O) groups excluding carboxylic acids is 2. The molecule has 3 heterocycles. The fourth-order valence-electron chi connectivity index (χ4n) is 7.34. The fraction of sp³-hybridized carbons (Fsp3) is 0.583. The highest BCUT2D eigenvalue weighted by molar-refractivity contribution is 7.80. The summed E-state index contributed by atoms with van der Waals surface area (Å²) in [6.07, 6.45) is 5.35. The second-order valence-electron chi connectivity index (χ2n) is 14.1. The first-order valence-electron chi connectivity index (χ1n) is 16.7. The quantitative estimate of drug-likeness (QED) is 0.253. The van der Waals surface area contributed by atoms with Crippen molar-refractivity contribution in [1.82, 2.24) is 19.8 Å². The number of likely N-dealkylation sites (N-methyl/N-ethyl adjacent to an activating group) is 1. The molecule has 4 unspecified atom stereocenters. The van der Waals surface area contributed by atoms with Gasteiger partial charge in [-0.2, -0.15) is 15.2 Å². The summed E-state index contributed by atoms with van der Waals surface area (Å²) in [5.74, 6) is 0.455. The molecule has 0 radical (unpaired) electrons. The van der Waals surface area contributed by atoms with Crippen LogP contribution in [0.4, 0.5) is 10.6 Å². The monoisotopic (exact) mass is 660 g/mol. The number of likely N-dealkylation sites (tertiary alicyclic amines) is 1. The first-order chi connectivity index (χ1) is 22.4. The Balaban J connectivity index is 1.53. The molecule has 11 heteroatoms. The summed E-state index contributed by atoms with van der Waals surface area (Å²) in [5, 5.41) is 9.69. The second kappa shape index (κ2) is 14.2. The summed E-state index contributed by atoms with van der Waals surface area (Å²) in [4.78, 5) is 44.6. The van der Waals surface area contributed by atoms with Gasteiger partial charge in [-0.15, -0.1) is 19.2 Å². The minimum atomic E-state index is -0.763. The number of amides is 1. The maximum absolute atomic E-state index is 14.8. The number of thiol groups is 1. The standard InChI is InChI=1S/C36H48N6O4S/c1-7-16-36(24(2)27-12-8-9-13-29(27)47)17-14-28-30(31(36)43)38-33(45-23-26-11-10-19-40(26)6)39-32(28)41-20-21-42(25(22-41)15-18-37)34(44)46-35(3,4)5/h7-9,12-13,24-26,47H,1,10-11,14-17,19-23H2,2-6H3. The summed E-state index contributed by atoms with van der Waals surface area (Å²) in [6.45, 7) is 14.3. The van der Waals surface area contributed by atoms with Crippen molar-refractivity contribution in [3.8, 4) is 12.1 Å². The lowest BCUT2D eigenvalue weighted by Crippen LogP contribution is -2.56. The van der Waals surface area contributed by atoms with Crippen LogP contribution in [0.1, 0.15) is 87.3 Å². The number of aromatic nitrogens is 2. The van der Waals surface area contributed by atoms with Crippen LogP contribution in [-0.2, 0) is 11.2 Å². The third-order valence-corrected chi connectivity index (χ3v) is 10.4. The lowest BCUT2D eigenvalue weighted by atomic mass is 9.61. The molecule has 2 saturated heterocycles. The highest BCUT2D eigenvalue weighted by Crippen LogP contribution is 2.50. The number of fused-ring (bicyclic) bond motifs is 1. The average Bonchev–Trinajstić information content (AvgIpc) is 3.44. The zero-order valence-electron chi connectivity index (χ0n) is 28.4. The normalized spacial score (nSPS) is 24.0. The van der Waals surface area contributed by atoms with Crippen LogP contribution in [-0.4, -0.2) is 89.2 Å². The van der Waals surface area contributed by atoms with Gasteiger partial charge in [-0.25, -0.2) is 4.79 Å². The molecule has 2 fully saturated rings. The van der Waals surface area contributed by atoms with Crippen molar-refractivity contribution in [3.63, 3.8) is 0 Å². The lowest BCUT2D eigenvalue weighted by molar-refractivity contribution is 0.0144. The van der Waals surface area contributed by atoms with Crippen molar-refractivity contribution >= 4 is 30.3 Å². The van der Waals surface area contributed by atoms with E-state index in [-0.39, 0.29) is 30.2 Å². The van der Waals surface area contributed by atoms with E-state index in [1.165, 1.54) is 0 Å². The Morgan fingerprint density at radius 2 is 2.00 bits per heavy atom. The number of rotatable bonds is 9. The van der Waals surface area contributed by atoms with Gasteiger partial charge >= 0.3 is 12.1 Å². The number of ketones is 1. The van der Waals surface area contributed by atoms with Crippen LogP contribution in [0.25, 0.3) is 0 Å². The highest BCUT2D eigenvalue weighted by atomic mass is 32.1. The largest absolute Gasteiger partial charge is 0.462 e. The molecule has 1 amide bonds. The minimum absolute atomic E-state index is 0.0461. The van der Waals surface area contributed by atoms with Gasteiger partial charge in [0, 0.05) is 41.6 Å². The van der Waals surface area contributed by atoms with E-state index in [0.717, 1.165) is 35.4 Å². The van der Waals surface area contributed by atoms with E-state index in [4.69, 9.17) is 32.1 Å². The molecule has 1 aliphatic carbocycles. The molecule has 3 aliphatic rings. The van der Waals surface area contributed by atoms with Crippen molar-refractivity contribution in [1.29, 1.82) is 5.26 Å². The number of benzene rings is 1. The molecule has 5 rings (SSSR count). The van der Waals surface area contributed by atoms with Crippen LogP contribution in [0.2, 0.25) is 0 Å². The fourth-order valence-corrected chi connectivity index (χ4v) is 7.69. The number of hydrogen-bond acceptors (Lipinski definition) is 10. The number of hydrogen-bond donors (Lipinski definition) is 1. The van der Waals surface area contributed by atoms with E-state index in [9.17, 15) is 14.9 Å². The van der Waals surface area contributed by atoms with Crippen molar-refractivity contribution in [2.24, 2.45) is 5.41 Å². The molecule has 1 aromatic heterocycles. The number of anilines is 1. The zero-order valence-corrected chi connectivity index (χ0v) is 29.3. The number of nitriles is 1. The molecule has 10 nitrogen and oxygen atoms in total. The van der Waals surface area contributed by atoms with Gasteiger partial charge in [0.05, 0.1) is 18.5 Å². The van der Waals surface area contributed by atoms with Crippen LogP contribution in [0.5, 0.6) is 6.01 Å². The zero-order chi connectivity index (χ0) is 33.9. The SMILES string of the molecule is C=CCC1(C(C)c2ccccc2S)CCc2c(nc(OCC3CCCN3C)nc2N2CCN(C(=O)OC(C)(C)C)C(CC#N)C2)C1=O. The first-order valence-corrected chi connectivity index (χ1v) is 17.1. The molecule has 2 aliphatic heterocycles. The molecular formula is C36H48N6O4S. The molecule has 47 heavy (non-hydrogen) atoms. The molecule has 1 aromatic carbocycles. The second-order valence-corrected chi connectivity index (χ2v) is 14.6. The molecule has 0 saturated carbocycles. The van der Waals surface area contributed by atoms with Crippen LogP contribution >= 0.6 is 12.6 Å². The topological polar surface area (TPSA) is 112 Å². The van der Waals surface area contributed by atoms with Gasteiger partial charge in [0.15, 0.2) is 5.78 Å². The first kappa shape index (κ1) is 34.7. The minimum Gasteiger partial charge on any atom is -0.462 e. The van der Waals surface area contributed by atoms with Crippen molar-refractivity contribution in [3.05, 3.63) is 53.7 Å². The maximum atomic E-state index is 14.8. The van der Waals surface area contributed by atoms with Gasteiger partial charge in [-0.05, 0) is 84.0 Å². The Morgan fingerprint density at radius 3 is 2.66 bits per heavy atom. The Hall–Kier alpha value is -3.62. The van der Waals surface area contributed by atoms with Crippen LogP contribution in [0, 0.1) is 16.7 Å². The Labute approximate surface area is 284 Å². The summed E-state index contributed by atoms with van der Waals surface area (Å²) >= 11 is 4.74. The predicted molar refractivity (Wildman–Crippen MR) is 184 cm³/mol. The highest BCUT2D eigenvalue weighted by Gasteiger charge is 2.49. The van der Waals surface area contributed by atoms with Crippen LogP contribution < -0.4 is 9.64 Å². The third-order valence-electron chi connectivity index (χ3n) is 10.0. The van der Waals surface area contributed by atoms with Gasteiger partial charge in [0.1, 0.15) is 23.7 Å². The van der Waals surface area contributed by atoms with Crippen molar-refractivity contribution in [2.45, 2.75) is 94.7 Å². The Bertz CT molecular complexity index is 1540. The number of nitrogens with zero attached hydrogens (tertiary/aromatic N) is 6. The number of allylic oxidation sites excluding steroid dienone is 1. The lowest BCUT2D eigenvalue weighted by Gasteiger charge is -2.44. The van der Waals surface area contributed by atoms with Gasteiger partial charge < -0.3 is 24.2 Å². The van der Waals surface area contributed by atoms with Gasteiger partial charge in [0.2, 0.25) is 0 Å². The van der Waals surface area contributed by atoms with E-state index in [1.54, 1.807) is 4.90 Å². The smallest absolute Gasteiger partial charge is 0.410 e. The third kappa shape index (κ3) is 7.29. The van der Waals surface area contributed by atoms with Crippen LogP contribution in [0.15, 0.2) is 41.8 Å². The van der Waals surface area contributed by atoms with E-state index < -0.39 is 23.2 Å². The van der Waals surface area contributed by atoms with Crippen molar-refractivity contribution in [2.75, 3.05) is 44.7 Å². The molecule has 0 spiro atoms. The summed E-state index contributed by atoms with van der Waals surface area (Å²) in [6, 6.07) is 10.2. The molecule has 0 N–H and O–H groups in total. The van der Waals surface area contributed by atoms with Crippen LogP contribution in [0.3, 0.4) is 0 Å². The molecular weight excluding hydrogens is 613 g/mol. The summed E-state index contributed by atoms with van der Waals surface area (Å²) < 4.78 is 11.9. The number of ether oxygens (including phenoxy) is 2. The molecule has 2 aromatic rings. The number of carbonyl (C=O) groups is 2. The van der Waals surface area contributed by atoms with E-state index in [2.05, 4.69) is 36.4 Å². The van der Waals surface area contributed by atoms with Gasteiger partial charge in [0.25, 0.3) is 0 Å². The van der Waals surface area contributed by atoms with Crippen molar-refractivity contribution < 1.29 is 19.1 Å². The molecule has 4 atom stereocenters. The molecule has 252 valence electrons. The molecule has 0 bridgehead atoms. The van der Waals surface area contributed by atoms with E-state index in [1.807, 2.05) is 51.1 Å². The summed E-state index contributed by atoms with van der Waals surface area (Å²) in [5.41, 5.74) is 0.767. The predicted octanol–water partition coefficient (Wildman–Crippen LogP) is 6.07. The van der Waals surface area contributed by atoms with Gasteiger partial charge in [-0.3, -0.25) is 4.79 Å². The Kier molecular flexibility index (Phi) is 10.5. The summed E-state index contributed by atoms with van der Waals surface area (Å²) in [7, 11) is 2.09. The van der Waals surface area contributed by atoms with E-state index in [0.29, 0.717) is 57.0 Å². The number of Topliss-reactive ketones (excluding diaryl/α,β-unsaturated/α-hetero) is 1. The maximum Gasteiger partial charge on any atom is 0.410 e. The Morgan fingerprint density at radius 1 is 1.23 bits per heavy atom. The number of piperazine rings is 1.